The first-order valence-corrected chi connectivity index (χ1v) is 6.55. The van der Waals surface area contributed by atoms with Crippen LogP contribution in [0.3, 0.4) is 0 Å². The van der Waals surface area contributed by atoms with Crippen molar-refractivity contribution in [3.8, 4) is 0 Å². The molecule has 1 rings (SSSR count). The standard InChI is InChI=1S/C14H20FN3O3/c1-9-7-10(16)8-11(13(9)15)14(20)18-4-3-12(19)17-5-6-21-2/h7-8H,3-6,16H2,1-2H3,(H,17,19)(H,18,20). The lowest BCUT2D eigenvalue weighted by Crippen LogP contribution is -2.32. The van der Waals surface area contributed by atoms with Crippen LogP contribution in [0.2, 0.25) is 0 Å². The lowest BCUT2D eigenvalue weighted by molar-refractivity contribution is -0.121. The van der Waals surface area contributed by atoms with Crippen molar-refractivity contribution in [2.24, 2.45) is 0 Å². The molecular weight excluding hydrogens is 277 g/mol. The van der Waals surface area contributed by atoms with E-state index in [0.29, 0.717) is 24.4 Å². The van der Waals surface area contributed by atoms with Gasteiger partial charge in [-0.15, -0.1) is 0 Å². The third-order valence-corrected chi connectivity index (χ3v) is 2.79. The topological polar surface area (TPSA) is 93.5 Å². The molecule has 1 aromatic rings. The zero-order valence-corrected chi connectivity index (χ0v) is 12.2. The smallest absolute Gasteiger partial charge is 0.254 e. The summed E-state index contributed by atoms with van der Waals surface area (Å²) in [5, 5.41) is 5.11. The second-order valence-electron chi connectivity index (χ2n) is 4.55. The van der Waals surface area contributed by atoms with Crippen LogP contribution in [0.4, 0.5) is 10.1 Å². The van der Waals surface area contributed by atoms with Gasteiger partial charge in [0.15, 0.2) is 0 Å². The van der Waals surface area contributed by atoms with E-state index in [1.165, 1.54) is 26.2 Å². The molecule has 0 spiro atoms. The summed E-state index contributed by atoms with van der Waals surface area (Å²) in [6.45, 7) is 2.48. The Morgan fingerprint density at radius 3 is 2.67 bits per heavy atom. The minimum atomic E-state index is -0.605. The molecule has 0 saturated heterocycles. The molecule has 6 nitrogen and oxygen atoms in total. The highest BCUT2D eigenvalue weighted by Gasteiger charge is 2.14. The number of nitrogens with one attached hydrogen (secondary N) is 2. The normalized spacial score (nSPS) is 10.2. The number of hydrogen-bond acceptors (Lipinski definition) is 4. The van der Waals surface area contributed by atoms with Crippen LogP contribution in [0.5, 0.6) is 0 Å². The Bertz CT molecular complexity index is 520. The SMILES string of the molecule is COCCNC(=O)CCNC(=O)c1cc(N)cc(C)c1F. The molecule has 0 aliphatic heterocycles. The fourth-order valence-electron chi connectivity index (χ4n) is 1.73. The largest absolute Gasteiger partial charge is 0.399 e. The van der Waals surface area contributed by atoms with Crippen molar-refractivity contribution in [2.75, 3.05) is 32.5 Å². The fraction of sp³-hybridized carbons (Fsp3) is 0.429. The van der Waals surface area contributed by atoms with E-state index in [1.807, 2.05) is 0 Å². The molecule has 0 aliphatic carbocycles. The fourth-order valence-corrected chi connectivity index (χ4v) is 1.73. The Morgan fingerprint density at radius 1 is 1.29 bits per heavy atom. The number of rotatable bonds is 7. The maximum absolute atomic E-state index is 13.8. The first-order valence-electron chi connectivity index (χ1n) is 6.55. The first kappa shape index (κ1) is 16.9. The van der Waals surface area contributed by atoms with E-state index >= 15 is 0 Å². The van der Waals surface area contributed by atoms with E-state index < -0.39 is 11.7 Å². The molecular formula is C14H20FN3O3. The van der Waals surface area contributed by atoms with Gasteiger partial charge in [-0.05, 0) is 24.6 Å². The summed E-state index contributed by atoms with van der Waals surface area (Å²) in [7, 11) is 1.54. The van der Waals surface area contributed by atoms with E-state index in [-0.39, 0.29) is 24.4 Å². The number of nitrogen functional groups attached to an aromatic ring is 1. The molecule has 0 atom stereocenters. The van der Waals surface area contributed by atoms with Crippen LogP contribution in [0, 0.1) is 12.7 Å². The zero-order chi connectivity index (χ0) is 15.8. The molecule has 2 amide bonds. The van der Waals surface area contributed by atoms with E-state index in [1.54, 1.807) is 0 Å². The lowest BCUT2D eigenvalue weighted by Gasteiger charge is -2.09. The molecule has 0 aliphatic rings. The molecule has 0 saturated carbocycles. The number of benzene rings is 1. The van der Waals surface area contributed by atoms with Crippen LogP contribution in [0.1, 0.15) is 22.3 Å². The number of ether oxygens (including phenoxy) is 1. The lowest BCUT2D eigenvalue weighted by atomic mass is 10.1. The van der Waals surface area contributed by atoms with Gasteiger partial charge in [0, 0.05) is 32.3 Å². The summed E-state index contributed by atoms with van der Waals surface area (Å²) in [4.78, 5) is 23.3. The van der Waals surface area contributed by atoms with Gasteiger partial charge >= 0.3 is 0 Å². The second kappa shape index (κ2) is 8.21. The van der Waals surface area contributed by atoms with Crippen molar-refractivity contribution in [3.63, 3.8) is 0 Å². The van der Waals surface area contributed by atoms with Gasteiger partial charge in [-0.3, -0.25) is 9.59 Å². The highest BCUT2D eigenvalue weighted by atomic mass is 19.1. The maximum atomic E-state index is 13.8. The van der Waals surface area contributed by atoms with Gasteiger partial charge < -0.3 is 21.1 Å². The number of carbonyl (C=O) groups excluding carboxylic acids is 2. The molecule has 1 aromatic carbocycles. The van der Waals surface area contributed by atoms with Crippen LogP contribution in [-0.4, -0.2) is 38.6 Å². The molecule has 0 bridgehead atoms. The highest BCUT2D eigenvalue weighted by Crippen LogP contribution is 2.16. The first-order chi connectivity index (χ1) is 9.95. The number of amides is 2. The summed E-state index contributed by atoms with van der Waals surface area (Å²) in [5.41, 5.74) is 6.09. The Labute approximate surface area is 122 Å². The van der Waals surface area contributed by atoms with Gasteiger partial charge in [-0.25, -0.2) is 4.39 Å². The van der Waals surface area contributed by atoms with E-state index in [9.17, 15) is 14.0 Å². The Kier molecular flexibility index (Phi) is 6.61. The van der Waals surface area contributed by atoms with Gasteiger partial charge in [-0.1, -0.05) is 0 Å². The van der Waals surface area contributed by atoms with Crippen molar-refractivity contribution in [1.29, 1.82) is 0 Å². The number of hydrogen-bond donors (Lipinski definition) is 3. The van der Waals surface area contributed by atoms with Crippen molar-refractivity contribution in [1.82, 2.24) is 10.6 Å². The molecule has 0 radical (unpaired) electrons. The molecule has 0 unspecified atom stereocenters. The van der Waals surface area contributed by atoms with Crippen molar-refractivity contribution in [3.05, 3.63) is 29.1 Å². The number of carbonyl (C=O) groups is 2. The van der Waals surface area contributed by atoms with Gasteiger partial charge in [0.05, 0.1) is 12.2 Å². The van der Waals surface area contributed by atoms with Gasteiger partial charge in [0.1, 0.15) is 5.82 Å². The Balaban J connectivity index is 2.46. The van der Waals surface area contributed by atoms with Crippen molar-refractivity contribution >= 4 is 17.5 Å². The molecule has 7 heteroatoms. The minimum absolute atomic E-state index is 0.109. The number of aryl methyl sites for hydroxylation is 1. The van der Waals surface area contributed by atoms with Crippen LogP contribution in [0.15, 0.2) is 12.1 Å². The monoisotopic (exact) mass is 297 g/mol. The van der Waals surface area contributed by atoms with Crippen LogP contribution >= 0.6 is 0 Å². The average Bonchev–Trinajstić information content (AvgIpc) is 2.43. The number of anilines is 1. The number of halogens is 1. The third kappa shape index (κ3) is 5.39. The maximum Gasteiger partial charge on any atom is 0.254 e. The quantitative estimate of drug-likeness (QED) is 0.507. The molecule has 0 fully saturated rings. The summed E-state index contributed by atoms with van der Waals surface area (Å²) in [6, 6.07) is 2.73. The van der Waals surface area contributed by atoms with Crippen LogP contribution in [0.25, 0.3) is 0 Å². The number of nitrogens with two attached hydrogens (primary N) is 1. The molecule has 21 heavy (non-hydrogen) atoms. The molecule has 0 heterocycles. The van der Waals surface area contributed by atoms with Crippen LogP contribution < -0.4 is 16.4 Å². The molecule has 4 N–H and O–H groups in total. The third-order valence-electron chi connectivity index (χ3n) is 2.79. The predicted octanol–water partition coefficient (Wildman–Crippen LogP) is 0.599. The zero-order valence-electron chi connectivity index (χ0n) is 12.2. The average molecular weight is 297 g/mol. The molecule has 0 aromatic heterocycles. The Hall–Kier alpha value is -2.15. The molecule has 116 valence electrons. The summed E-state index contributed by atoms with van der Waals surface area (Å²) in [5.74, 6) is -1.41. The van der Waals surface area contributed by atoms with E-state index in [2.05, 4.69) is 10.6 Å². The number of methoxy groups -OCH3 is 1. The van der Waals surface area contributed by atoms with E-state index in [0.717, 1.165) is 0 Å². The van der Waals surface area contributed by atoms with Gasteiger partial charge in [0.25, 0.3) is 5.91 Å². The van der Waals surface area contributed by atoms with Gasteiger partial charge in [-0.2, -0.15) is 0 Å². The summed E-state index contributed by atoms with van der Waals surface area (Å²) in [6.07, 6.45) is 0.109. The highest BCUT2D eigenvalue weighted by molar-refractivity contribution is 5.95. The van der Waals surface area contributed by atoms with Crippen LogP contribution in [-0.2, 0) is 9.53 Å². The van der Waals surface area contributed by atoms with Gasteiger partial charge in [0.2, 0.25) is 5.91 Å². The van der Waals surface area contributed by atoms with Crippen molar-refractivity contribution in [2.45, 2.75) is 13.3 Å². The van der Waals surface area contributed by atoms with E-state index in [4.69, 9.17) is 10.5 Å². The second-order valence-corrected chi connectivity index (χ2v) is 4.55. The summed E-state index contributed by atoms with van der Waals surface area (Å²) < 4.78 is 18.6. The minimum Gasteiger partial charge on any atom is -0.399 e. The predicted molar refractivity (Wildman–Crippen MR) is 77.4 cm³/mol. The Morgan fingerprint density at radius 2 is 2.00 bits per heavy atom. The van der Waals surface area contributed by atoms with Crippen molar-refractivity contribution < 1.29 is 18.7 Å². The summed E-state index contributed by atoms with van der Waals surface area (Å²) >= 11 is 0.